The number of rotatable bonds is 3. The number of nitrogens with zero attached hydrogens (tertiary/aromatic N) is 2. The van der Waals surface area contributed by atoms with Crippen LogP contribution in [-0.4, -0.2) is 21.5 Å². The van der Waals surface area contributed by atoms with Crippen molar-refractivity contribution in [2.75, 3.05) is 6.54 Å². The van der Waals surface area contributed by atoms with Crippen molar-refractivity contribution in [3.05, 3.63) is 90.8 Å². The molecule has 3 aromatic rings. The first-order chi connectivity index (χ1) is 12.9. The molecule has 1 aromatic heterocycles. The van der Waals surface area contributed by atoms with Crippen molar-refractivity contribution in [3.8, 4) is 0 Å². The van der Waals surface area contributed by atoms with Gasteiger partial charge >= 0.3 is 0 Å². The lowest BCUT2D eigenvalue weighted by atomic mass is 10.0. The summed E-state index contributed by atoms with van der Waals surface area (Å²) in [6, 6.07) is 15.6. The summed E-state index contributed by atoms with van der Waals surface area (Å²) >= 11 is 0. The third-order valence-electron chi connectivity index (χ3n) is 4.64. The predicted molar refractivity (Wildman–Crippen MR) is 98.7 cm³/mol. The zero-order chi connectivity index (χ0) is 19.4. The molecule has 0 amide bonds. The van der Waals surface area contributed by atoms with E-state index in [1.807, 2.05) is 12.1 Å². The van der Waals surface area contributed by atoms with Gasteiger partial charge in [-0.15, -0.1) is 0 Å². The molecule has 4 rings (SSSR count). The number of benzene rings is 2. The number of non-ortho nitro benzene ring substituents is 1. The van der Waals surface area contributed by atoms with Crippen LogP contribution in [0.25, 0.3) is 10.9 Å². The van der Waals surface area contributed by atoms with E-state index in [1.165, 1.54) is 21.7 Å². The van der Waals surface area contributed by atoms with Crippen LogP contribution in [0.3, 0.4) is 0 Å². The van der Waals surface area contributed by atoms with E-state index in [-0.39, 0.29) is 10.6 Å². The number of nitrogens with one attached hydrogen (secondary N) is 2. The fourth-order valence-electron chi connectivity index (χ4n) is 3.52. The van der Waals surface area contributed by atoms with E-state index in [0.29, 0.717) is 0 Å². The third kappa shape index (κ3) is 4.39. The van der Waals surface area contributed by atoms with E-state index in [2.05, 4.69) is 29.2 Å². The van der Waals surface area contributed by atoms with Crippen molar-refractivity contribution < 1.29 is 14.9 Å². The standard InChI is InChI=1S/C18H17N3O2.NO3/c22-21(23)14-6-7-17-16(10-14)15-8-9-20(12-18(15)19-17)11-13-4-2-1-3-5-13;2-1(3)4/h1-7,10,19H,8-9,11-12H2;/q;-1/p+1. The molecule has 0 saturated heterocycles. The SMILES string of the molecule is O=[N+]([O-])[O-].O=[N+]([O-])c1ccc2[nH]c3c(c2c1)CC[NH+](Cc1ccccc1)C3. The van der Waals surface area contributed by atoms with Crippen molar-refractivity contribution in [1.29, 1.82) is 0 Å². The molecule has 1 atom stereocenters. The average Bonchev–Trinajstić information content (AvgIpc) is 2.99. The van der Waals surface area contributed by atoms with Crippen molar-refractivity contribution in [1.82, 2.24) is 4.98 Å². The highest BCUT2D eigenvalue weighted by molar-refractivity contribution is 5.86. The van der Waals surface area contributed by atoms with E-state index >= 15 is 0 Å². The molecule has 0 bridgehead atoms. The molecule has 1 unspecified atom stereocenters. The molecule has 2 heterocycles. The van der Waals surface area contributed by atoms with Gasteiger partial charge in [0.2, 0.25) is 0 Å². The number of fused-ring (bicyclic) bond motifs is 3. The van der Waals surface area contributed by atoms with Crippen molar-refractivity contribution >= 4 is 16.6 Å². The molecule has 140 valence electrons. The Morgan fingerprint density at radius 1 is 1.04 bits per heavy atom. The minimum absolute atomic E-state index is 0.165. The summed E-state index contributed by atoms with van der Waals surface area (Å²) in [5.41, 5.74) is 4.98. The molecule has 2 aromatic carbocycles. The lowest BCUT2D eigenvalue weighted by molar-refractivity contribution is -0.929. The number of aromatic nitrogens is 1. The zero-order valence-corrected chi connectivity index (χ0v) is 14.4. The topological polar surface area (TPSA) is 130 Å². The molecule has 0 spiro atoms. The van der Waals surface area contributed by atoms with Crippen molar-refractivity contribution in [3.63, 3.8) is 0 Å². The second-order valence-corrected chi connectivity index (χ2v) is 6.38. The molecule has 9 nitrogen and oxygen atoms in total. The van der Waals surface area contributed by atoms with E-state index < -0.39 is 5.09 Å². The summed E-state index contributed by atoms with van der Waals surface area (Å²) in [7, 11) is 0. The maximum Gasteiger partial charge on any atom is 0.270 e. The lowest BCUT2D eigenvalue weighted by Crippen LogP contribution is -3.10. The van der Waals surface area contributed by atoms with Crippen LogP contribution in [0.5, 0.6) is 0 Å². The number of H-pyrrole nitrogens is 1. The fourth-order valence-corrected chi connectivity index (χ4v) is 3.52. The Kier molecular flexibility index (Phi) is 5.32. The Hall–Kier alpha value is -3.46. The first-order valence-electron chi connectivity index (χ1n) is 8.41. The van der Waals surface area contributed by atoms with Gasteiger partial charge in [0.1, 0.15) is 13.1 Å². The van der Waals surface area contributed by atoms with Crippen LogP contribution in [0.1, 0.15) is 16.8 Å². The van der Waals surface area contributed by atoms with Gasteiger partial charge in [-0.2, -0.15) is 0 Å². The van der Waals surface area contributed by atoms with Crippen molar-refractivity contribution in [2.24, 2.45) is 0 Å². The molecule has 1 aliphatic rings. The Bertz CT molecular complexity index is 967. The summed E-state index contributed by atoms with van der Waals surface area (Å²) in [6.07, 6.45) is 0.957. The Labute approximate surface area is 154 Å². The first kappa shape index (κ1) is 18.3. The van der Waals surface area contributed by atoms with Crippen LogP contribution in [-0.2, 0) is 19.5 Å². The summed E-state index contributed by atoms with van der Waals surface area (Å²) < 4.78 is 0. The molecule has 0 fully saturated rings. The molecule has 0 radical (unpaired) electrons. The number of aromatic amines is 1. The summed E-state index contributed by atoms with van der Waals surface area (Å²) in [5, 5.41) is 26.7. The predicted octanol–water partition coefficient (Wildman–Crippen LogP) is 1.98. The summed E-state index contributed by atoms with van der Waals surface area (Å²) in [6.45, 7) is 3.00. The van der Waals surface area contributed by atoms with Gasteiger partial charge in [0.05, 0.1) is 22.2 Å². The second kappa shape index (κ2) is 7.83. The molecule has 27 heavy (non-hydrogen) atoms. The monoisotopic (exact) mass is 370 g/mol. The van der Waals surface area contributed by atoms with Crippen LogP contribution in [0.4, 0.5) is 5.69 Å². The van der Waals surface area contributed by atoms with E-state index in [0.717, 1.165) is 37.0 Å². The smallest absolute Gasteiger partial charge is 0.270 e. The van der Waals surface area contributed by atoms with Gasteiger partial charge in [0.25, 0.3) is 5.69 Å². The Balaban J connectivity index is 0.000000481. The number of hydrogen-bond donors (Lipinski definition) is 2. The quantitative estimate of drug-likeness (QED) is 0.538. The summed E-state index contributed by atoms with van der Waals surface area (Å²) in [5.74, 6) is 0. The summed E-state index contributed by atoms with van der Waals surface area (Å²) in [4.78, 5) is 23.9. The Morgan fingerprint density at radius 3 is 2.41 bits per heavy atom. The van der Waals surface area contributed by atoms with Crippen LogP contribution in [0.15, 0.2) is 48.5 Å². The molecular weight excluding hydrogens is 352 g/mol. The van der Waals surface area contributed by atoms with Crippen LogP contribution >= 0.6 is 0 Å². The molecule has 2 N–H and O–H groups in total. The molecule has 0 saturated carbocycles. The minimum atomic E-state index is -1.75. The number of hydrogen-bond acceptors (Lipinski definition) is 5. The average molecular weight is 370 g/mol. The van der Waals surface area contributed by atoms with Gasteiger partial charge in [0.15, 0.2) is 0 Å². The fraction of sp³-hybridized carbons (Fsp3) is 0.222. The largest absolute Gasteiger partial charge is 0.356 e. The normalized spacial score (nSPS) is 15.5. The van der Waals surface area contributed by atoms with E-state index in [1.54, 1.807) is 12.1 Å². The highest BCUT2D eigenvalue weighted by Gasteiger charge is 2.24. The minimum Gasteiger partial charge on any atom is -0.356 e. The third-order valence-corrected chi connectivity index (χ3v) is 4.64. The van der Waals surface area contributed by atoms with Gasteiger partial charge in [-0.05, 0) is 11.6 Å². The maximum absolute atomic E-state index is 11.0. The zero-order valence-electron chi connectivity index (χ0n) is 14.4. The lowest BCUT2D eigenvalue weighted by Gasteiger charge is -2.24. The van der Waals surface area contributed by atoms with E-state index in [4.69, 9.17) is 15.3 Å². The van der Waals surface area contributed by atoms with Gasteiger partial charge < -0.3 is 25.2 Å². The van der Waals surface area contributed by atoms with Crippen LogP contribution in [0.2, 0.25) is 0 Å². The van der Waals surface area contributed by atoms with Crippen molar-refractivity contribution in [2.45, 2.75) is 19.5 Å². The highest BCUT2D eigenvalue weighted by atomic mass is 16.9. The number of nitro benzene ring substituents is 1. The second-order valence-electron chi connectivity index (χ2n) is 6.38. The number of nitro groups is 1. The maximum atomic E-state index is 11.0. The number of quaternary nitrogens is 1. The van der Waals surface area contributed by atoms with Gasteiger partial charge in [-0.1, -0.05) is 30.3 Å². The molecular formula is C18H18N4O5. The van der Waals surface area contributed by atoms with Gasteiger partial charge in [-0.25, -0.2) is 0 Å². The highest BCUT2D eigenvalue weighted by Crippen LogP contribution is 2.27. The van der Waals surface area contributed by atoms with Gasteiger partial charge in [-0.3, -0.25) is 10.1 Å². The molecule has 9 heteroatoms. The molecule has 1 aliphatic heterocycles. The Morgan fingerprint density at radius 2 is 1.74 bits per heavy atom. The van der Waals surface area contributed by atoms with E-state index in [9.17, 15) is 10.1 Å². The molecule has 0 aliphatic carbocycles. The van der Waals surface area contributed by atoms with Crippen LogP contribution in [0, 0.1) is 25.4 Å². The van der Waals surface area contributed by atoms with Gasteiger partial charge in [0, 0.05) is 35.0 Å². The van der Waals surface area contributed by atoms with Crippen LogP contribution < -0.4 is 4.90 Å². The first-order valence-corrected chi connectivity index (χ1v) is 8.41.